The summed E-state index contributed by atoms with van der Waals surface area (Å²) in [6.45, 7) is 4.05. The highest BCUT2D eigenvalue weighted by Gasteiger charge is 2.35. The van der Waals surface area contributed by atoms with E-state index in [0.717, 1.165) is 0 Å². The van der Waals surface area contributed by atoms with E-state index < -0.39 is 18.0 Å². The number of hydrogen-bond donors (Lipinski definition) is 2. The van der Waals surface area contributed by atoms with Crippen molar-refractivity contribution in [3.8, 4) is 0 Å². The second-order valence-electron chi connectivity index (χ2n) is 5.33. The van der Waals surface area contributed by atoms with Gasteiger partial charge in [0.05, 0.1) is 30.7 Å². The molecule has 8 heteroatoms. The van der Waals surface area contributed by atoms with Gasteiger partial charge in [0.25, 0.3) is 0 Å². The summed E-state index contributed by atoms with van der Waals surface area (Å²) in [6, 6.07) is 2.41. The van der Waals surface area contributed by atoms with Crippen LogP contribution in [0.5, 0.6) is 0 Å². The lowest BCUT2D eigenvalue weighted by molar-refractivity contribution is -0.139. The van der Waals surface area contributed by atoms with Gasteiger partial charge in [-0.3, -0.25) is 0 Å². The number of aromatic nitrogens is 2. The number of carbonyl (C=O) groups is 2. The first-order valence-electron chi connectivity index (χ1n) is 7.58. The third-order valence-corrected chi connectivity index (χ3v) is 3.59. The third kappa shape index (κ3) is 3.17. The number of ether oxygens (including phenoxy) is 1. The maximum atomic E-state index is 12.5. The molecule has 8 nitrogen and oxygen atoms in total. The SMILES string of the molecule is CCOC(=O)C1=C(Cn2ccnc2)NC(=O)N[C@@H]1c1ccc(C)o1. The molecule has 2 aromatic heterocycles. The number of furan rings is 1. The molecular weight excluding hydrogens is 312 g/mol. The lowest BCUT2D eigenvalue weighted by Crippen LogP contribution is -2.46. The monoisotopic (exact) mass is 330 g/mol. The largest absolute Gasteiger partial charge is 0.464 e. The number of aryl methyl sites for hydroxylation is 1. The van der Waals surface area contributed by atoms with E-state index in [1.807, 2.05) is 0 Å². The molecule has 0 saturated carbocycles. The minimum atomic E-state index is -0.704. The van der Waals surface area contributed by atoms with Crippen molar-refractivity contribution >= 4 is 12.0 Å². The van der Waals surface area contributed by atoms with Crippen molar-refractivity contribution in [2.45, 2.75) is 26.4 Å². The van der Waals surface area contributed by atoms with Crippen LogP contribution < -0.4 is 10.6 Å². The highest BCUT2D eigenvalue weighted by atomic mass is 16.5. The molecule has 0 fully saturated rings. The topological polar surface area (TPSA) is 98.4 Å². The molecule has 2 aromatic rings. The van der Waals surface area contributed by atoms with E-state index >= 15 is 0 Å². The van der Waals surface area contributed by atoms with Crippen LogP contribution in [0, 0.1) is 6.92 Å². The smallest absolute Gasteiger partial charge is 0.338 e. The fourth-order valence-electron chi connectivity index (χ4n) is 2.58. The van der Waals surface area contributed by atoms with E-state index in [1.165, 1.54) is 0 Å². The lowest BCUT2D eigenvalue weighted by atomic mass is 10.00. The van der Waals surface area contributed by atoms with E-state index in [0.29, 0.717) is 22.8 Å². The summed E-state index contributed by atoms with van der Waals surface area (Å²) in [6.07, 6.45) is 4.98. The number of rotatable bonds is 5. The van der Waals surface area contributed by atoms with Crippen molar-refractivity contribution in [3.63, 3.8) is 0 Å². The summed E-state index contributed by atoms with van der Waals surface area (Å²) in [4.78, 5) is 28.5. The van der Waals surface area contributed by atoms with E-state index in [4.69, 9.17) is 9.15 Å². The van der Waals surface area contributed by atoms with Crippen molar-refractivity contribution in [1.82, 2.24) is 20.2 Å². The highest BCUT2D eigenvalue weighted by Crippen LogP contribution is 2.29. The molecule has 0 radical (unpaired) electrons. The highest BCUT2D eigenvalue weighted by molar-refractivity contribution is 5.94. The molecule has 0 aromatic carbocycles. The number of carbonyl (C=O) groups excluding carboxylic acids is 2. The molecule has 0 bridgehead atoms. The van der Waals surface area contributed by atoms with Crippen LogP contribution in [-0.2, 0) is 16.1 Å². The Morgan fingerprint density at radius 2 is 2.29 bits per heavy atom. The number of amides is 2. The van der Waals surface area contributed by atoms with Gasteiger partial charge in [-0.15, -0.1) is 0 Å². The zero-order chi connectivity index (χ0) is 17.1. The van der Waals surface area contributed by atoms with Crippen molar-refractivity contribution < 1.29 is 18.7 Å². The summed E-state index contributed by atoms with van der Waals surface area (Å²) in [5.41, 5.74) is 0.772. The van der Waals surface area contributed by atoms with Gasteiger partial charge in [0.1, 0.15) is 17.6 Å². The number of hydrogen-bond acceptors (Lipinski definition) is 5. The van der Waals surface area contributed by atoms with E-state index in [1.54, 1.807) is 49.3 Å². The molecule has 0 unspecified atom stereocenters. The summed E-state index contributed by atoms with van der Waals surface area (Å²) in [5.74, 6) is 0.671. The normalized spacial score (nSPS) is 17.4. The maximum absolute atomic E-state index is 12.5. The fourth-order valence-corrected chi connectivity index (χ4v) is 2.58. The van der Waals surface area contributed by atoms with Crippen molar-refractivity contribution in [3.05, 3.63) is 53.6 Å². The van der Waals surface area contributed by atoms with Crippen molar-refractivity contribution in [2.75, 3.05) is 6.61 Å². The molecule has 3 rings (SSSR count). The molecule has 1 aliphatic heterocycles. The average molecular weight is 330 g/mol. The van der Waals surface area contributed by atoms with Gasteiger partial charge < -0.3 is 24.4 Å². The Hall–Kier alpha value is -3.03. The van der Waals surface area contributed by atoms with Gasteiger partial charge in [0.15, 0.2) is 0 Å². The van der Waals surface area contributed by atoms with Crippen molar-refractivity contribution in [1.29, 1.82) is 0 Å². The zero-order valence-corrected chi connectivity index (χ0v) is 13.4. The number of nitrogens with one attached hydrogen (secondary N) is 2. The Morgan fingerprint density at radius 3 is 2.92 bits per heavy atom. The molecule has 0 aliphatic carbocycles. The van der Waals surface area contributed by atoms with Crippen LogP contribution in [0.3, 0.4) is 0 Å². The first-order chi connectivity index (χ1) is 11.6. The lowest BCUT2D eigenvalue weighted by Gasteiger charge is -2.28. The third-order valence-electron chi connectivity index (χ3n) is 3.59. The molecule has 126 valence electrons. The Bertz CT molecular complexity index is 776. The molecule has 0 spiro atoms. The summed E-state index contributed by atoms with van der Waals surface area (Å²) in [7, 11) is 0. The first kappa shape index (κ1) is 15.9. The predicted molar refractivity (Wildman–Crippen MR) is 83.7 cm³/mol. The van der Waals surface area contributed by atoms with Gasteiger partial charge >= 0.3 is 12.0 Å². The quantitative estimate of drug-likeness (QED) is 0.812. The molecule has 24 heavy (non-hydrogen) atoms. The van der Waals surface area contributed by atoms with Crippen LogP contribution in [0.15, 0.2) is 46.5 Å². The molecule has 1 atom stereocenters. The maximum Gasteiger partial charge on any atom is 0.338 e. The van der Waals surface area contributed by atoms with Crippen molar-refractivity contribution in [2.24, 2.45) is 0 Å². The second-order valence-corrected chi connectivity index (χ2v) is 5.33. The van der Waals surface area contributed by atoms with E-state index in [-0.39, 0.29) is 13.2 Å². The summed E-state index contributed by atoms with van der Waals surface area (Å²) < 4.78 is 12.5. The second kappa shape index (κ2) is 6.61. The molecule has 2 amide bonds. The van der Waals surface area contributed by atoms with E-state index in [9.17, 15) is 9.59 Å². The summed E-state index contributed by atoms with van der Waals surface area (Å²) >= 11 is 0. The Balaban J connectivity index is 2.04. The number of allylic oxidation sites excluding steroid dienone is 1. The van der Waals surface area contributed by atoms with E-state index in [2.05, 4.69) is 15.6 Å². The van der Waals surface area contributed by atoms with Crippen LogP contribution >= 0.6 is 0 Å². The standard InChI is InChI=1S/C16H18N4O4/c1-3-23-15(21)13-11(8-20-7-6-17-9-20)18-16(22)19-14(13)12-5-4-10(2)24-12/h4-7,9,14H,3,8H2,1-2H3,(H2,18,19,22)/t14-/m1/s1. The first-order valence-corrected chi connectivity index (χ1v) is 7.58. The number of esters is 1. The fraction of sp³-hybridized carbons (Fsp3) is 0.312. The minimum Gasteiger partial charge on any atom is -0.464 e. The van der Waals surface area contributed by atoms with Gasteiger partial charge in [0.2, 0.25) is 0 Å². The molecule has 2 N–H and O–H groups in total. The molecule has 1 aliphatic rings. The van der Waals surface area contributed by atoms with Gasteiger partial charge in [-0.05, 0) is 26.0 Å². The van der Waals surface area contributed by atoms with Crippen LogP contribution in [0.1, 0.15) is 24.5 Å². The van der Waals surface area contributed by atoms with Gasteiger partial charge in [-0.2, -0.15) is 0 Å². The Kier molecular flexibility index (Phi) is 4.37. The van der Waals surface area contributed by atoms with Crippen LogP contribution in [0.2, 0.25) is 0 Å². The Morgan fingerprint density at radius 1 is 1.46 bits per heavy atom. The van der Waals surface area contributed by atoms with Gasteiger partial charge in [0, 0.05) is 12.4 Å². The van der Waals surface area contributed by atoms with Crippen LogP contribution in [-0.4, -0.2) is 28.2 Å². The van der Waals surface area contributed by atoms with Gasteiger partial charge in [-0.1, -0.05) is 0 Å². The molecule has 3 heterocycles. The summed E-state index contributed by atoms with van der Waals surface area (Å²) in [5, 5.41) is 5.41. The van der Waals surface area contributed by atoms with Crippen LogP contribution in [0.4, 0.5) is 4.79 Å². The Labute approximate surface area is 138 Å². The number of urea groups is 1. The molecule has 0 saturated heterocycles. The van der Waals surface area contributed by atoms with Gasteiger partial charge in [-0.25, -0.2) is 14.6 Å². The average Bonchev–Trinajstić information content (AvgIpc) is 3.18. The molecular formula is C16H18N4O4. The predicted octanol–water partition coefficient (Wildman–Crippen LogP) is 1.66. The number of imidazole rings is 1. The van der Waals surface area contributed by atoms with Crippen LogP contribution in [0.25, 0.3) is 0 Å². The zero-order valence-electron chi connectivity index (χ0n) is 13.4. The number of nitrogens with zero attached hydrogens (tertiary/aromatic N) is 2. The minimum absolute atomic E-state index is 0.235.